The smallest absolute Gasteiger partial charge is 0.125 e. The van der Waals surface area contributed by atoms with Gasteiger partial charge in [0.25, 0.3) is 0 Å². The van der Waals surface area contributed by atoms with Gasteiger partial charge in [0, 0.05) is 19.3 Å². The average Bonchev–Trinajstić information content (AvgIpc) is 2.81. The van der Waals surface area contributed by atoms with Crippen LogP contribution in [0.5, 0.6) is 0 Å². The molecule has 1 aromatic heterocycles. The van der Waals surface area contributed by atoms with Crippen molar-refractivity contribution in [2.75, 3.05) is 25.0 Å². The van der Waals surface area contributed by atoms with Gasteiger partial charge in [-0.1, -0.05) is 13.0 Å². The summed E-state index contributed by atoms with van der Waals surface area (Å²) < 4.78 is 0. The third-order valence-electron chi connectivity index (χ3n) is 2.99. The van der Waals surface area contributed by atoms with Crippen LogP contribution >= 0.6 is 0 Å². The van der Waals surface area contributed by atoms with E-state index < -0.39 is 0 Å². The van der Waals surface area contributed by atoms with E-state index in [4.69, 9.17) is 0 Å². The first-order valence-corrected chi connectivity index (χ1v) is 6.29. The molecule has 1 N–H and O–H groups in total. The van der Waals surface area contributed by atoms with E-state index in [2.05, 4.69) is 34.3 Å². The molecule has 1 saturated heterocycles. The van der Waals surface area contributed by atoms with Crippen molar-refractivity contribution in [2.45, 2.75) is 32.7 Å². The summed E-state index contributed by atoms with van der Waals surface area (Å²) in [5, 5.41) is 3.29. The predicted octanol–water partition coefficient (Wildman–Crippen LogP) is 2.50. The van der Waals surface area contributed by atoms with Crippen molar-refractivity contribution < 1.29 is 0 Å². The van der Waals surface area contributed by atoms with Crippen molar-refractivity contribution in [3.05, 3.63) is 23.9 Å². The Balaban J connectivity index is 1.86. The Kier molecular flexibility index (Phi) is 4.17. The lowest BCUT2D eigenvalue weighted by molar-refractivity contribution is 0.331. The van der Waals surface area contributed by atoms with Crippen LogP contribution in [0.25, 0.3) is 0 Å². The lowest BCUT2D eigenvalue weighted by Crippen LogP contribution is -2.18. The van der Waals surface area contributed by atoms with Crippen molar-refractivity contribution in [1.82, 2.24) is 9.88 Å². The van der Waals surface area contributed by atoms with Gasteiger partial charge in [-0.25, -0.2) is 4.98 Å². The summed E-state index contributed by atoms with van der Waals surface area (Å²) >= 11 is 0. The normalized spacial score (nSPS) is 16.6. The highest BCUT2D eigenvalue weighted by Gasteiger charge is 2.11. The second kappa shape index (κ2) is 5.85. The van der Waals surface area contributed by atoms with E-state index in [0.29, 0.717) is 0 Å². The lowest BCUT2D eigenvalue weighted by atomic mass is 10.2. The number of nitrogens with one attached hydrogen (secondary N) is 1. The third kappa shape index (κ3) is 3.20. The van der Waals surface area contributed by atoms with Gasteiger partial charge in [-0.3, -0.25) is 4.90 Å². The zero-order chi connectivity index (χ0) is 11.2. The molecule has 0 spiro atoms. The predicted molar refractivity (Wildman–Crippen MR) is 67.5 cm³/mol. The molecular formula is C13H21N3. The van der Waals surface area contributed by atoms with Crippen molar-refractivity contribution in [3.63, 3.8) is 0 Å². The molecule has 16 heavy (non-hydrogen) atoms. The number of hydrogen-bond donors (Lipinski definition) is 1. The van der Waals surface area contributed by atoms with Crippen molar-refractivity contribution >= 4 is 5.82 Å². The molecule has 1 fully saturated rings. The molecule has 0 atom stereocenters. The summed E-state index contributed by atoms with van der Waals surface area (Å²) in [6.45, 7) is 6.71. The minimum absolute atomic E-state index is 0.993. The Morgan fingerprint density at radius 2 is 2.12 bits per heavy atom. The fourth-order valence-corrected chi connectivity index (χ4v) is 2.07. The van der Waals surface area contributed by atoms with E-state index in [1.165, 1.54) is 31.5 Å². The second-order valence-electron chi connectivity index (χ2n) is 4.46. The maximum Gasteiger partial charge on any atom is 0.125 e. The molecule has 88 valence electrons. The van der Waals surface area contributed by atoms with Crippen LogP contribution in [0.1, 0.15) is 31.7 Å². The first-order chi connectivity index (χ1) is 7.88. The molecule has 2 rings (SSSR count). The highest BCUT2D eigenvalue weighted by Crippen LogP contribution is 2.13. The molecular weight excluding hydrogens is 198 g/mol. The van der Waals surface area contributed by atoms with E-state index in [1.807, 2.05) is 6.20 Å². The molecule has 0 saturated carbocycles. The SMILES string of the molecule is CCCNc1ccc(CN2CCCC2)cn1. The standard InChI is InChI=1S/C13H21N3/c1-2-7-14-13-6-5-12(10-15-13)11-16-8-3-4-9-16/h5-6,10H,2-4,7-9,11H2,1H3,(H,14,15). The quantitative estimate of drug-likeness (QED) is 0.824. The fourth-order valence-electron chi connectivity index (χ4n) is 2.07. The van der Waals surface area contributed by atoms with Crippen LogP contribution < -0.4 is 5.32 Å². The Morgan fingerprint density at radius 3 is 2.75 bits per heavy atom. The van der Waals surface area contributed by atoms with Crippen LogP contribution in [0.4, 0.5) is 5.82 Å². The van der Waals surface area contributed by atoms with Crippen LogP contribution in [-0.4, -0.2) is 29.5 Å². The van der Waals surface area contributed by atoms with E-state index >= 15 is 0 Å². The van der Waals surface area contributed by atoms with Gasteiger partial charge >= 0.3 is 0 Å². The molecule has 0 bridgehead atoms. The monoisotopic (exact) mass is 219 g/mol. The molecule has 0 unspecified atom stereocenters. The van der Waals surface area contributed by atoms with Crippen molar-refractivity contribution in [1.29, 1.82) is 0 Å². The van der Waals surface area contributed by atoms with Crippen LogP contribution in [0.3, 0.4) is 0 Å². The Bertz CT molecular complexity index is 301. The van der Waals surface area contributed by atoms with Crippen molar-refractivity contribution in [3.8, 4) is 0 Å². The minimum Gasteiger partial charge on any atom is -0.370 e. The van der Waals surface area contributed by atoms with Crippen molar-refractivity contribution in [2.24, 2.45) is 0 Å². The Hall–Kier alpha value is -1.09. The van der Waals surface area contributed by atoms with Gasteiger partial charge in [0.15, 0.2) is 0 Å². The van der Waals surface area contributed by atoms with Crippen LogP contribution in [0, 0.1) is 0 Å². The van der Waals surface area contributed by atoms with Gasteiger partial charge in [0.1, 0.15) is 5.82 Å². The summed E-state index contributed by atoms with van der Waals surface area (Å²) in [6.07, 6.45) is 5.83. The number of anilines is 1. The highest BCUT2D eigenvalue weighted by molar-refractivity contribution is 5.35. The summed E-state index contributed by atoms with van der Waals surface area (Å²) in [7, 11) is 0. The number of hydrogen-bond acceptors (Lipinski definition) is 3. The number of pyridine rings is 1. The topological polar surface area (TPSA) is 28.2 Å². The molecule has 3 heteroatoms. The van der Waals surface area contributed by atoms with Gasteiger partial charge < -0.3 is 5.32 Å². The number of nitrogens with zero attached hydrogens (tertiary/aromatic N) is 2. The van der Waals surface area contributed by atoms with Gasteiger partial charge in [-0.2, -0.15) is 0 Å². The number of aromatic nitrogens is 1. The summed E-state index contributed by atoms with van der Waals surface area (Å²) in [5.74, 6) is 0.993. The largest absolute Gasteiger partial charge is 0.370 e. The average molecular weight is 219 g/mol. The summed E-state index contributed by atoms with van der Waals surface area (Å²) in [5.41, 5.74) is 1.32. The number of likely N-dealkylation sites (tertiary alicyclic amines) is 1. The molecule has 3 nitrogen and oxygen atoms in total. The third-order valence-corrected chi connectivity index (χ3v) is 2.99. The maximum atomic E-state index is 4.42. The fraction of sp³-hybridized carbons (Fsp3) is 0.615. The zero-order valence-corrected chi connectivity index (χ0v) is 10.1. The molecule has 1 aliphatic rings. The maximum absolute atomic E-state index is 4.42. The molecule has 1 aromatic rings. The van der Waals surface area contributed by atoms with E-state index in [9.17, 15) is 0 Å². The highest BCUT2D eigenvalue weighted by atomic mass is 15.1. The second-order valence-corrected chi connectivity index (χ2v) is 4.46. The summed E-state index contributed by atoms with van der Waals surface area (Å²) in [6, 6.07) is 4.27. The van der Waals surface area contributed by atoms with Gasteiger partial charge in [-0.15, -0.1) is 0 Å². The number of rotatable bonds is 5. The molecule has 2 heterocycles. The van der Waals surface area contributed by atoms with Crippen LogP contribution in [-0.2, 0) is 6.54 Å². The van der Waals surface area contributed by atoms with E-state index in [-0.39, 0.29) is 0 Å². The Morgan fingerprint density at radius 1 is 1.31 bits per heavy atom. The first kappa shape index (κ1) is 11.4. The zero-order valence-electron chi connectivity index (χ0n) is 10.1. The Labute approximate surface area is 97.9 Å². The van der Waals surface area contributed by atoms with Gasteiger partial charge in [0.05, 0.1) is 0 Å². The van der Waals surface area contributed by atoms with E-state index in [1.54, 1.807) is 0 Å². The molecule has 0 radical (unpaired) electrons. The molecule has 0 aromatic carbocycles. The van der Waals surface area contributed by atoms with E-state index in [0.717, 1.165) is 25.3 Å². The molecule has 0 amide bonds. The first-order valence-electron chi connectivity index (χ1n) is 6.29. The van der Waals surface area contributed by atoms with Crippen LogP contribution in [0.2, 0.25) is 0 Å². The minimum atomic E-state index is 0.993. The summed E-state index contributed by atoms with van der Waals surface area (Å²) in [4.78, 5) is 6.92. The molecule has 1 aliphatic heterocycles. The van der Waals surface area contributed by atoms with Gasteiger partial charge in [-0.05, 0) is 44.0 Å². The van der Waals surface area contributed by atoms with Crippen LogP contribution in [0.15, 0.2) is 18.3 Å². The molecule has 0 aliphatic carbocycles. The lowest BCUT2D eigenvalue weighted by Gasteiger charge is -2.14. The van der Waals surface area contributed by atoms with Gasteiger partial charge in [0.2, 0.25) is 0 Å².